The maximum Gasteiger partial charge on any atom is 0.387 e. The number of nitrogens with zero attached hydrogens (tertiary/aromatic N) is 1. The summed E-state index contributed by atoms with van der Waals surface area (Å²) in [5.41, 5.74) is 2.01. The van der Waals surface area contributed by atoms with E-state index in [9.17, 15) is 13.6 Å². The summed E-state index contributed by atoms with van der Waals surface area (Å²) in [6, 6.07) is 7.60. The second kappa shape index (κ2) is 10.4. The van der Waals surface area contributed by atoms with Crippen molar-refractivity contribution < 1.29 is 27.8 Å². The Hall–Kier alpha value is -2.58. The van der Waals surface area contributed by atoms with E-state index in [4.69, 9.17) is 21.1 Å². The molecule has 0 radical (unpaired) electrons. The van der Waals surface area contributed by atoms with E-state index in [1.807, 2.05) is 6.92 Å². The summed E-state index contributed by atoms with van der Waals surface area (Å²) < 4.78 is 40.1. The molecule has 1 unspecified atom stereocenters. The van der Waals surface area contributed by atoms with Crippen LogP contribution in [0.3, 0.4) is 0 Å². The molecule has 6 nitrogen and oxygen atoms in total. The fourth-order valence-corrected chi connectivity index (χ4v) is 2.95. The Balaban J connectivity index is 2.11. The van der Waals surface area contributed by atoms with Crippen molar-refractivity contribution in [2.24, 2.45) is 0 Å². The molecule has 0 bridgehead atoms. The van der Waals surface area contributed by atoms with Gasteiger partial charge in [-0.1, -0.05) is 17.7 Å². The molecule has 0 saturated heterocycles. The third-order valence-corrected chi connectivity index (χ3v) is 5.06. The number of hydrogen-bond acceptors (Lipinski definition) is 5. The van der Waals surface area contributed by atoms with Crippen LogP contribution in [0.4, 0.5) is 14.5 Å². The number of halogens is 3. The van der Waals surface area contributed by atoms with E-state index in [-0.39, 0.29) is 17.4 Å². The first-order valence-electron chi connectivity index (χ1n) is 9.13. The van der Waals surface area contributed by atoms with Gasteiger partial charge in [0.25, 0.3) is 0 Å². The van der Waals surface area contributed by atoms with Crippen molar-refractivity contribution >= 4 is 23.2 Å². The zero-order valence-electron chi connectivity index (χ0n) is 17.5. The zero-order valence-corrected chi connectivity index (χ0v) is 18.2. The Bertz CT molecular complexity index is 896. The molecule has 0 aliphatic heterocycles. The molecule has 9 heteroatoms. The van der Waals surface area contributed by atoms with Crippen LogP contribution < -0.4 is 19.5 Å². The molecule has 2 rings (SSSR count). The molecule has 1 atom stereocenters. The molecule has 0 aliphatic rings. The average Bonchev–Trinajstić information content (AvgIpc) is 2.69. The molecule has 1 amide bonds. The fourth-order valence-electron chi connectivity index (χ4n) is 2.80. The number of hydrogen-bond donors (Lipinski definition) is 1. The number of anilines is 1. The van der Waals surface area contributed by atoms with Crippen LogP contribution in [-0.2, 0) is 11.3 Å². The van der Waals surface area contributed by atoms with Crippen molar-refractivity contribution in [2.75, 3.05) is 26.6 Å². The van der Waals surface area contributed by atoms with Crippen molar-refractivity contribution in [1.29, 1.82) is 0 Å². The van der Waals surface area contributed by atoms with Gasteiger partial charge in [-0.25, -0.2) is 0 Å². The second-order valence-corrected chi connectivity index (χ2v) is 7.15. The van der Waals surface area contributed by atoms with Crippen LogP contribution in [0, 0.1) is 6.92 Å². The average molecular weight is 443 g/mol. The van der Waals surface area contributed by atoms with E-state index in [1.165, 1.54) is 20.3 Å². The highest BCUT2D eigenvalue weighted by Crippen LogP contribution is 2.32. The van der Waals surface area contributed by atoms with Crippen LogP contribution in [0.1, 0.15) is 18.1 Å². The Morgan fingerprint density at radius 3 is 2.40 bits per heavy atom. The maximum atomic E-state index is 12.7. The number of rotatable bonds is 9. The number of alkyl halides is 2. The van der Waals surface area contributed by atoms with Gasteiger partial charge in [0, 0.05) is 17.6 Å². The summed E-state index contributed by atoms with van der Waals surface area (Å²) >= 11 is 6.10. The predicted molar refractivity (Wildman–Crippen MR) is 112 cm³/mol. The highest BCUT2D eigenvalue weighted by atomic mass is 35.5. The standard InChI is InChI=1S/C21H25ClF2N2O4/c1-12-8-16(18(29-5)10-15(12)22)25-20(27)13(2)26(3)11-14-6-7-17(28-4)19(9-14)30-21(23)24/h6-10,13,21H,11H2,1-5H3,(H,25,27). The van der Waals surface area contributed by atoms with Crippen LogP contribution in [0.2, 0.25) is 5.02 Å². The summed E-state index contributed by atoms with van der Waals surface area (Å²) in [4.78, 5) is 14.5. The Morgan fingerprint density at radius 1 is 1.13 bits per heavy atom. The van der Waals surface area contributed by atoms with Crippen molar-refractivity contribution in [2.45, 2.75) is 33.0 Å². The third kappa shape index (κ3) is 5.96. The summed E-state index contributed by atoms with van der Waals surface area (Å²) in [6.45, 7) is 0.935. The van der Waals surface area contributed by atoms with Gasteiger partial charge < -0.3 is 19.5 Å². The lowest BCUT2D eigenvalue weighted by Crippen LogP contribution is -2.39. The lowest BCUT2D eigenvalue weighted by molar-refractivity contribution is -0.120. The Labute approximate surface area is 179 Å². The molecule has 0 fully saturated rings. The number of ether oxygens (including phenoxy) is 3. The van der Waals surface area contributed by atoms with Crippen LogP contribution in [0.15, 0.2) is 30.3 Å². The fraction of sp³-hybridized carbons (Fsp3) is 0.381. The van der Waals surface area contributed by atoms with E-state index in [2.05, 4.69) is 10.1 Å². The molecule has 0 aliphatic carbocycles. The number of amides is 1. The Morgan fingerprint density at radius 2 is 1.80 bits per heavy atom. The highest BCUT2D eigenvalue weighted by Gasteiger charge is 2.21. The molecule has 0 heterocycles. The number of likely N-dealkylation sites (N-methyl/N-ethyl adjacent to an activating group) is 1. The van der Waals surface area contributed by atoms with Crippen LogP contribution >= 0.6 is 11.6 Å². The first-order chi connectivity index (χ1) is 14.2. The number of nitrogens with one attached hydrogen (secondary N) is 1. The number of carbonyl (C=O) groups excluding carboxylic acids is 1. The first kappa shape index (κ1) is 23.7. The summed E-state index contributed by atoms with van der Waals surface area (Å²) in [6.07, 6.45) is 0. The van der Waals surface area contributed by atoms with Gasteiger partial charge >= 0.3 is 6.61 Å². The topological polar surface area (TPSA) is 60.0 Å². The molecular formula is C21H25ClF2N2O4. The van der Waals surface area contributed by atoms with E-state index >= 15 is 0 Å². The van der Waals surface area contributed by atoms with Crippen LogP contribution in [0.25, 0.3) is 0 Å². The smallest absolute Gasteiger partial charge is 0.387 e. The molecule has 0 aromatic heterocycles. The zero-order chi connectivity index (χ0) is 22.4. The first-order valence-corrected chi connectivity index (χ1v) is 9.51. The van der Waals surface area contributed by atoms with Gasteiger partial charge in [-0.15, -0.1) is 0 Å². The van der Waals surface area contributed by atoms with Crippen LogP contribution in [-0.4, -0.2) is 44.7 Å². The quantitative estimate of drug-likeness (QED) is 0.608. The minimum absolute atomic E-state index is 0.0584. The maximum absolute atomic E-state index is 12.7. The van der Waals surface area contributed by atoms with E-state index in [0.29, 0.717) is 28.6 Å². The summed E-state index contributed by atoms with van der Waals surface area (Å²) in [7, 11) is 4.63. The number of methoxy groups -OCH3 is 2. The molecular weight excluding hydrogens is 418 g/mol. The SMILES string of the molecule is COc1cc(Cl)c(C)cc1NC(=O)C(C)N(C)Cc1ccc(OC)c(OC(F)F)c1. The lowest BCUT2D eigenvalue weighted by atomic mass is 10.1. The van der Waals surface area contributed by atoms with Crippen molar-refractivity contribution in [3.05, 3.63) is 46.5 Å². The molecule has 2 aromatic carbocycles. The van der Waals surface area contributed by atoms with Gasteiger partial charge in [-0.2, -0.15) is 8.78 Å². The highest BCUT2D eigenvalue weighted by molar-refractivity contribution is 6.31. The minimum Gasteiger partial charge on any atom is -0.495 e. The van der Waals surface area contributed by atoms with Gasteiger partial charge in [-0.3, -0.25) is 9.69 Å². The van der Waals surface area contributed by atoms with E-state index in [1.54, 1.807) is 43.1 Å². The largest absolute Gasteiger partial charge is 0.495 e. The number of benzene rings is 2. The van der Waals surface area contributed by atoms with E-state index < -0.39 is 12.7 Å². The molecule has 0 spiro atoms. The molecule has 164 valence electrons. The van der Waals surface area contributed by atoms with Gasteiger partial charge in [0.05, 0.1) is 25.9 Å². The molecule has 1 N–H and O–H groups in total. The summed E-state index contributed by atoms with van der Waals surface area (Å²) in [5.74, 6) is 0.349. The van der Waals surface area contributed by atoms with Gasteiger partial charge in [0.15, 0.2) is 11.5 Å². The second-order valence-electron chi connectivity index (χ2n) is 6.75. The molecule has 2 aromatic rings. The summed E-state index contributed by atoms with van der Waals surface area (Å²) in [5, 5.41) is 3.38. The minimum atomic E-state index is -2.96. The van der Waals surface area contributed by atoms with Crippen molar-refractivity contribution in [3.63, 3.8) is 0 Å². The van der Waals surface area contributed by atoms with Gasteiger partial charge in [-0.05, 0) is 50.2 Å². The van der Waals surface area contributed by atoms with Crippen molar-refractivity contribution in [3.8, 4) is 17.2 Å². The number of carbonyl (C=O) groups is 1. The molecule has 0 saturated carbocycles. The Kier molecular flexibility index (Phi) is 8.25. The van der Waals surface area contributed by atoms with Gasteiger partial charge in [0.2, 0.25) is 5.91 Å². The number of aryl methyl sites for hydroxylation is 1. The predicted octanol–water partition coefficient (Wildman–Crippen LogP) is 4.73. The molecule has 30 heavy (non-hydrogen) atoms. The van der Waals surface area contributed by atoms with Crippen molar-refractivity contribution in [1.82, 2.24) is 4.90 Å². The van der Waals surface area contributed by atoms with Gasteiger partial charge in [0.1, 0.15) is 5.75 Å². The monoisotopic (exact) mass is 442 g/mol. The van der Waals surface area contributed by atoms with E-state index in [0.717, 1.165) is 5.56 Å². The lowest BCUT2D eigenvalue weighted by Gasteiger charge is -2.25. The third-order valence-electron chi connectivity index (χ3n) is 4.66. The normalized spacial score (nSPS) is 12.1. The van der Waals surface area contributed by atoms with Crippen LogP contribution in [0.5, 0.6) is 17.2 Å².